The number of aliphatic imine (C=N–C) groups is 1. The first kappa shape index (κ1) is 19.9. The van der Waals surface area contributed by atoms with Gasteiger partial charge in [-0.15, -0.1) is 0 Å². The Bertz CT molecular complexity index is 606. The van der Waals surface area contributed by atoms with E-state index in [4.69, 9.17) is 9.73 Å². The molecule has 6 heteroatoms. The number of rotatable bonds is 7. The summed E-state index contributed by atoms with van der Waals surface area (Å²) in [5, 5.41) is 6.91. The van der Waals surface area contributed by atoms with Crippen molar-refractivity contribution in [1.82, 2.24) is 15.6 Å². The van der Waals surface area contributed by atoms with E-state index in [1.165, 1.54) is 25.7 Å². The van der Waals surface area contributed by atoms with Crippen molar-refractivity contribution in [2.45, 2.75) is 59.1 Å². The van der Waals surface area contributed by atoms with Gasteiger partial charge in [-0.1, -0.05) is 19.4 Å². The fourth-order valence-corrected chi connectivity index (χ4v) is 3.84. The number of hydrogen-bond acceptors (Lipinski definition) is 4. The summed E-state index contributed by atoms with van der Waals surface area (Å²) in [6.07, 6.45) is 7.49. The van der Waals surface area contributed by atoms with Crippen LogP contribution in [0.3, 0.4) is 0 Å². The van der Waals surface area contributed by atoms with Gasteiger partial charge in [0, 0.05) is 32.4 Å². The summed E-state index contributed by atoms with van der Waals surface area (Å²) in [6.45, 7) is 11.6. The molecule has 0 aromatic carbocycles. The molecule has 1 atom stereocenters. The average Bonchev–Trinajstić information content (AvgIpc) is 2.66. The van der Waals surface area contributed by atoms with Crippen LogP contribution in [-0.2, 0) is 11.3 Å². The number of ether oxygens (including phenoxy) is 1. The fraction of sp³-hybridized carbons (Fsp3) is 0.714. The van der Waals surface area contributed by atoms with E-state index >= 15 is 0 Å². The van der Waals surface area contributed by atoms with Gasteiger partial charge in [0.1, 0.15) is 5.82 Å². The fourth-order valence-electron chi connectivity index (χ4n) is 3.84. The van der Waals surface area contributed by atoms with Crippen molar-refractivity contribution in [2.75, 3.05) is 37.7 Å². The summed E-state index contributed by atoms with van der Waals surface area (Å²) in [4.78, 5) is 11.7. The highest BCUT2D eigenvalue weighted by Crippen LogP contribution is 2.42. The van der Waals surface area contributed by atoms with Crippen molar-refractivity contribution < 1.29 is 4.74 Å². The minimum Gasteiger partial charge on any atom is -0.375 e. The zero-order valence-electron chi connectivity index (χ0n) is 17.1. The minimum absolute atomic E-state index is 0.264. The number of hydrogen-bond donors (Lipinski definition) is 2. The van der Waals surface area contributed by atoms with Crippen LogP contribution in [0.2, 0.25) is 0 Å². The minimum atomic E-state index is 0.264. The van der Waals surface area contributed by atoms with Crippen LogP contribution < -0.4 is 15.5 Å². The van der Waals surface area contributed by atoms with Gasteiger partial charge in [0.25, 0.3) is 0 Å². The highest BCUT2D eigenvalue weighted by molar-refractivity contribution is 5.79. The second-order valence-corrected chi connectivity index (χ2v) is 7.91. The summed E-state index contributed by atoms with van der Waals surface area (Å²) >= 11 is 0. The molecule has 1 saturated carbocycles. The van der Waals surface area contributed by atoms with Crippen LogP contribution in [0.5, 0.6) is 0 Å². The maximum absolute atomic E-state index is 5.61. The second kappa shape index (κ2) is 9.40. The molecule has 1 aromatic heterocycles. The van der Waals surface area contributed by atoms with Crippen molar-refractivity contribution in [2.24, 2.45) is 10.4 Å². The molecule has 1 saturated heterocycles. The van der Waals surface area contributed by atoms with Crippen LogP contribution in [0.25, 0.3) is 0 Å². The molecular formula is C21H35N5O. The highest BCUT2D eigenvalue weighted by Gasteiger charge is 2.34. The predicted octanol–water partition coefficient (Wildman–Crippen LogP) is 2.94. The largest absolute Gasteiger partial charge is 0.375 e. The molecule has 1 aliphatic carbocycles. The van der Waals surface area contributed by atoms with Crippen LogP contribution in [-0.4, -0.2) is 49.8 Å². The van der Waals surface area contributed by atoms with E-state index in [-0.39, 0.29) is 6.10 Å². The van der Waals surface area contributed by atoms with Crippen LogP contribution >= 0.6 is 0 Å². The molecule has 0 radical (unpaired) electrons. The average molecular weight is 374 g/mol. The van der Waals surface area contributed by atoms with E-state index in [1.807, 2.05) is 6.20 Å². The predicted molar refractivity (Wildman–Crippen MR) is 111 cm³/mol. The van der Waals surface area contributed by atoms with Gasteiger partial charge in [-0.05, 0) is 50.2 Å². The number of guanidine groups is 1. The molecule has 2 fully saturated rings. The van der Waals surface area contributed by atoms with Gasteiger partial charge in [-0.2, -0.15) is 0 Å². The van der Waals surface area contributed by atoms with Crippen LogP contribution in [0.1, 0.15) is 52.0 Å². The summed E-state index contributed by atoms with van der Waals surface area (Å²) in [5.41, 5.74) is 1.61. The highest BCUT2D eigenvalue weighted by atomic mass is 16.5. The summed E-state index contributed by atoms with van der Waals surface area (Å²) in [7, 11) is 0. The molecule has 0 bridgehead atoms. The van der Waals surface area contributed by atoms with Crippen molar-refractivity contribution in [3.8, 4) is 0 Å². The van der Waals surface area contributed by atoms with Gasteiger partial charge in [-0.25, -0.2) is 9.98 Å². The van der Waals surface area contributed by atoms with E-state index < -0.39 is 0 Å². The summed E-state index contributed by atoms with van der Waals surface area (Å²) in [5.74, 6) is 1.93. The molecule has 1 aromatic rings. The first-order valence-corrected chi connectivity index (χ1v) is 10.5. The standard InChI is InChI=1S/C21H35N5O/c1-4-21(9-6-10-21)16-25-20(22-5-2)24-14-18-7-8-19(23-13-18)26-11-12-27-17(3)15-26/h7-8,13,17H,4-6,9-12,14-16H2,1-3H3,(H2,22,24,25). The summed E-state index contributed by atoms with van der Waals surface area (Å²) < 4.78 is 5.61. The Morgan fingerprint density at radius 3 is 2.78 bits per heavy atom. The van der Waals surface area contributed by atoms with Crippen LogP contribution in [0.4, 0.5) is 5.82 Å². The van der Waals surface area contributed by atoms with E-state index in [0.29, 0.717) is 12.0 Å². The third kappa shape index (κ3) is 5.34. The van der Waals surface area contributed by atoms with Crippen molar-refractivity contribution in [3.63, 3.8) is 0 Å². The number of anilines is 1. The molecule has 1 aliphatic heterocycles. The van der Waals surface area contributed by atoms with Gasteiger partial charge < -0.3 is 20.3 Å². The van der Waals surface area contributed by atoms with E-state index in [9.17, 15) is 0 Å². The van der Waals surface area contributed by atoms with Crippen molar-refractivity contribution >= 4 is 11.8 Å². The Balaban J connectivity index is 1.55. The lowest BCUT2D eigenvalue weighted by atomic mass is 9.67. The molecule has 0 amide bonds. The number of nitrogens with zero attached hydrogens (tertiary/aromatic N) is 3. The molecule has 2 N–H and O–H groups in total. The Labute approximate surface area is 163 Å². The van der Waals surface area contributed by atoms with Gasteiger partial charge in [0.15, 0.2) is 5.96 Å². The van der Waals surface area contributed by atoms with Gasteiger partial charge in [0.05, 0.1) is 19.3 Å². The molecule has 27 heavy (non-hydrogen) atoms. The van der Waals surface area contributed by atoms with Crippen molar-refractivity contribution in [1.29, 1.82) is 0 Å². The van der Waals surface area contributed by atoms with Gasteiger partial charge >= 0.3 is 0 Å². The van der Waals surface area contributed by atoms with Crippen molar-refractivity contribution in [3.05, 3.63) is 23.9 Å². The zero-order valence-corrected chi connectivity index (χ0v) is 17.1. The SMILES string of the molecule is CCNC(=NCc1ccc(N2CCOC(C)C2)nc1)NCC1(CC)CCC1. The Kier molecular flexibility index (Phi) is 6.94. The first-order chi connectivity index (χ1) is 13.1. The summed E-state index contributed by atoms with van der Waals surface area (Å²) in [6, 6.07) is 4.23. The van der Waals surface area contributed by atoms with E-state index in [1.54, 1.807) is 0 Å². The molecule has 0 spiro atoms. The number of aromatic nitrogens is 1. The normalized spacial score (nSPS) is 22.3. The molecule has 6 nitrogen and oxygen atoms in total. The topological polar surface area (TPSA) is 61.8 Å². The quantitative estimate of drug-likeness (QED) is 0.568. The molecule has 150 valence electrons. The maximum atomic E-state index is 5.61. The molecule has 1 unspecified atom stereocenters. The first-order valence-electron chi connectivity index (χ1n) is 10.5. The molecule has 2 aliphatic rings. The molecule has 3 rings (SSSR count). The monoisotopic (exact) mass is 373 g/mol. The smallest absolute Gasteiger partial charge is 0.191 e. The Morgan fingerprint density at radius 1 is 1.33 bits per heavy atom. The third-order valence-electron chi connectivity index (χ3n) is 5.93. The molecular weight excluding hydrogens is 338 g/mol. The lowest BCUT2D eigenvalue weighted by molar-refractivity contribution is 0.0529. The van der Waals surface area contributed by atoms with E-state index in [0.717, 1.165) is 50.1 Å². The Morgan fingerprint density at radius 2 is 2.19 bits per heavy atom. The van der Waals surface area contributed by atoms with Gasteiger partial charge in [0.2, 0.25) is 0 Å². The number of morpholine rings is 1. The third-order valence-corrected chi connectivity index (χ3v) is 5.93. The Hall–Kier alpha value is -1.82. The van der Waals surface area contributed by atoms with Gasteiger partial charge in [-0.3, -0.25) is 0 Å². The zero-order chi connectivity index (χ0) is 19.1. The second-order valence-electron chi connectivity index (χ2n) is 7.91. The number of nitrogens with one attached hydrogen (secondary N) is 2. The maximum Gasteiger partial charge on any atom is 0.191 e. The molecule has 2 heterocycles. The van der Waals surface area contributed by atoms with Crippen LogP contribution in [0, 0.1) is 5.41 Å². The number of pyridine rings is 1. The van der Waals surface area contributed by atoms with E-state index in [2.05, 4.69) is 53.4 Å². The lowest BCUT2D eigenvalue weighted by Crippen LogP contribution is -2.46. The van der Waals surface area contributed by atoms with Crippen LogP contribution in [0.15, 0.2) is 23.3 Å². The lowest BCUT2D eigenvalue weighted by Gasteiger charge is -2.41.